The number of carbonyl (C=O) groups excluding carboxylic acids is 1. The zero-order valence-corrected chi connectivity index (χ0v) is 14.5. The van der Waals surface area contributed by atoms with Crippen LogP contribution in [0.2, 0.25) is 0 Å². The number of benzene rings is 1. The van der Waals surface area contributed by atoms with Crippen molar-refractivity contribution < 1.29 is 14.6 Å². The lowest BCUT2D eigenvalue weighted by atomic mass is 10.0. The van der Waals surface area contributed by atoms with Gasteiger partial charge in [0.25, 0.3) is 0 Å². The molecule has 25 heavy (non-hydrogen) atoms. The van der Waals surface area contributed by atoms with Gasteiger partial charge in [-0.2, -0.15) is 4.98 Å². The molecule has 132 valence electrons. The number of nitrogens with one attached hydrogen (secondary N) is 1. The van der Waals surface area contributed by atoms with Gasteiger partial charge in [0, 0.05) is 11.8 Å². The van der Waals surface area contributed by atoms with Crippen molar-refractivity contribution in [2.75, 3.05) is 16.8 Å². The Morgan fingerprint density at radius 2 is 2.04 bits per heavy atom. The van der Waals surface area contributed by atoms with Gasteiger partial charge in [-0.1, -0.05) is 32.0 Å². The van der Waals surface area contributed by atoms with Crippen LogP contribution in [0.15, 0.2) is 36.5 Å². The molecular weight excluding hydrogens is 320 g/mol. The molecule has 1 saturated heterocycles. The molecule has 1 unspecified atom stereocenters. The van der Waals surface area contributed by atoms with E-state index in [1.165, 1.54) is 0 Å². The second-order valence-electron chi connectivity index (χ2n) is 6.42. The lowest BCUT2D eigenvalue weighted by molar-refractivity contribution is 0.177. The van der Waals surface area contributed by atoms with Gasteiger partial charge in [0.1, 0.15) is 18.2 Å². The number of phenols is 1. The minimum Gasteiger partial charge on any atom is -0.508 e. The minimum absolute atomic E-state index is 0.0501. The minimum atomic E-state index is -0.392. The number of aromatic nitrogens is 2. The smallest absolute Gasteiger partial charge is 0.415 e. The van der Waals surface area contributed by atoms with Crippen LogP contribution in [0.25, 0.3) is 0 Å². The van der Waals surface area contributed by atoms with E-state index in [0.29, 0.717) is 18.4 Å². The third-order valence-electron chi connectivity index (χ3n) is 4.31. The van der Waals surface area contributed by atoms with E-state index in [4.69, 9.17) is 4.74 Å². The fraction of sp³-hybridized carbons (Fsp3) is 0.389. The van der Waals surface area contributed by atoms with Crippen molar-refractivity contribution in [3.05, 3.63) is 42.1 Å². The van der Waals surface area contributed by atoms with E-state index in [1.54, 1.807) is 29.3 Å². The number of phenolic OH excluding ortho intramolecular Hbond substituents is 1. The van der Waals surface area contributed by atoms with Crippen LogP contribution in [-0.2, 0) is 4.74 Å². The molecule has 1 aromatic carbocycles. The Morgan fingerprint density at radius 1 is 1.28 bits per heavy atom. The van der Waals surface area contributed by atoms with E-state index in [-0.39, 0.29) is 23.8 Å². The van der Waals surface area contributed by atoms with Crippen molar-refractivity contribution >= 4 is 17.9 Å². The maximum atomic E-state index is 12.1. The van der Waals surface area contributed by atoms with Crippen molar-refractivity contribution in [1.82, 2.24) is 9.97 Å². The highest BCUT2D eigenvalue weighted by Crippen LogP contribution is 2.28. The molecule has 0 bridgehead atoms. The van der Waals surface area contributed by atoms with Crippen molar-refractivity contribution in [2.24, 2.45) is 5.92 Å². The van der Waals surface area contributed by atoms with Crippen LogP contribution in [0.5, 0.6) is 5.75 Å². The van der Waals surface area contributed by atoms with Crippen LogP contribution in [-0.4, -0.2) is 33.8 Å². The number of carbonyl (C=O) groups is 1. The van der Waals surface area contributed by atoms with E-state index in [1.807, 2.05) is 32.9 Å². The number of amides is 1. The van der Waals surface area contributed by atoms with Crippen molar-refractivity contribution in [3.8, 4) is 5.75 Å². The van der Waals surface area contributed by atoms with Crippen LogP contribution < -0.4 is 10.2 Å². The van der Waals surface area contributed by atoms with Gasteiger partial charge < -0.3 is 15.2 Å². The number of anilines is 2. The molecule has 0 saturated carbocycles. The molecule has 1 fully saturated rings. The number of aromatic hydroxyl groups is 1. The highest BCUT2D eigenvalue weighted by atomic mass is 16.6. The first-order valence-corrected chi connectivity index (χ1v) is 8.31. The van der Waals surface area contributed by atoms with Crippen LogP contribution in [0.4, 0.5) is 16.6 Å². The molecule has 2 atom stereocenters. The number of cyclic esters (lactones) is 1. The van der Waals surface area contributed by atoms with Gasteiger partial charge in [-0.15, -0.1) is 0 Å². The van der Waals surface area contributed by atoms with Gasteiger partial charge in [0.15, 0.2) is 0 Å². The van der Waals surface area contributed by atoms with Gasteiger partial charge in [-0.25, -0.2) is 9.78 Å². The fourth-order valence-electron chi connectivity index (χ4n) is 2.87. The van der Waals surface area contributed by atoms with Crippen LogP contribution in [0.3, 0.4) is 0 Å². The number of nitrogens with zero attached hydrogens (tertiary/aromatic N) is 3. The molecule has 1 aromatic heterocycles. The second kappa shape index (κ2) is 6.96. The Morgan fingerprint density at radius 3 is 2.76 bits per heavy atom. The molecule has 1 aliphatic heterocycles. The van der Waals surface area contributed by atoms with Crippen LogP contribution in [0.1, 0.15) is 32.4 Å². The third-order valence-corrected chi connectivity index (χ3v) is 4.31. The summed E-state index contributed by atoms with van der Waals surface area (Å²) in [5, 5.41) is 13.1. The Bertz CT molecular complexity index is 765. The van der Waals surface area contributed by atoms with Crippen LogP contribution >= 0.6 is 0 Å². The summed E-state index contributed by atoms with van der Waals surface area (Å²) >= 11 is 0. The van der Waals surface area contributed by atoms with Gasteiger partial charge >= 0.3 is 6.09 Å². The normalized spacial score (nSPS) is 18.3. The lowest BCUT2D eigenvalue weighted by Gasteiger charge is -2.24. The number of hydrogen-bond donors (Lipinski definition) is 2. The molecular formula is C18H22N4O3. The zero-order chi connectivity index (χ0) is 18.0. The largest absolute Gasteiger partial charge is 0.508 e. The lowest BCUT2D eigenvalue weighted by Crippen LogP contribution is -2.37. The maximum Gasteiger partial charge on any atom is 0.415 e. The maximum absolute atomic E-state index is 12.1. The topological polar surface area (TPSA) is 87.6 Å². The molecule has 2 aromatic rings. The number of rotatable bonds is 5. The highest BCUT2D eigenvalue weighted by molar-refractivity contribution is 5.89. The van der Waals surface area contributed by atoms with Crippen molar-refractivity contribution in [2.45, 2.75) is 32.9 Å². The molecule has 0 spiro atoms. The number of hydrogen-bond acceptors (Lipinski definition) is 6. The molecule has 2 N–H and O–H groups in total. The Balaban J connectivity index is 1.82. The number of ether oxygens (including phenoxy) is 1. The molecule has 1 aliphatic rings. The van der Waals surface area contributed by atoms with Crippen molar-refractivity contribution in [3.63, 3.8) is 0 Å². The fourth-order valence-corrected chi connectivity index (χ4v) is 2.87. The van der Waals surface area contributed by atoms with Crippen LogP contribution in [0, 0.1) is 5.92 Å². The average molecular weight is 342 g/mol. The van der Waals surface area contributed by atoms with E-state index in [2.05, 4.69) is 15.3 Å². The summed E-state index contributed by atoms with van der Waals surface area (Å²) in [6, 6.07) is 8.55. The summed E-state index contributed by atoms with van der Waals surface area (Å²) in [7, 11) is 0. The third kappa shape index (κ3) is 3.50. The summed E-state index contributed by atoms with van der Waals surface area (Å²) in [4.78, 5) is 22.3. The zero-order valence-electron chi connectivity index (χ0n) is 14.5. The van der Waals surface area contributed by atoms with E-state index in [0.717, 1.165) is 5.56 Å². The standard InChI is InChI=1S/C18H22N4O3/c1-11(2)14-10-25-18(24)22(14)16-8-9-19-17(21-16)20-12(3)13-6-4-5-7-15(13)23/h4-9,11-12,14,23H,10H2,1-3H3,(H,19,20,21)/t12-,14?/m0/s1. The average Bonchev–Trinajstić information content (AvgIpc) is 2.97. The van der Waals surface area contributed by atoms with Gasteiger partial charge in [-0.05, 0) is 25.0 Å². The summed E-state index contributed by atoms with van der Waals surface area (Å²) in [6.45, 7) is 6.35. The Kier molecular flexibility index (Phi) is 4.74. The van der Waals surface area contributed by atoms with Crippen molar-refractivity contribution in [1.29, 1.82) is 0 Å². The summed E-state index contributed by atoms with van der Waals surface area (Å²) in [5.74, 6) is 1.35. The Hall–Kier alpha value is -2.83. The number of para-hydroxylation sites is 1. The molecule has 0 aliphatic carbocycles. The second-order valence-corrected chi connectivity index (χ2v) is 6.42. The first-order chi connectivity index (χ1) is 12.0. The quantitative estimate of drug-likeness (QED) is 0.866. The molecule has 1 amide bonds. The Labute approximate surface area is 146 Å². The summed E-state index contributed by atoms with van der Waals surface area (Å²) in [5.41, 5.74) is 0.747. The predicted octanol–water partition coefficient (Wildman–Crippen LogP) is 3.34. The van der Waals surface area contributed by atoms with E-state index < -0.39 is 6.09 Å². The molecule has 7 heteroatoms. The summed E-state index contributed by atoms with van der Waals surface area (Å²) < 4.78 is 5.17. The summed E-state index contributed by atoms with van der Waals surface area (Å²) in [6.07, 6.45) is 1.21. The van der Waals surface area contributed by atoms with E-state index >= 15 is 0 Å². The molecule has 7 nitrogen and oxygen atoms in total. The molecule has 0 radical (unpaired) electrons. The van der Waals surface area contributed by atoms with E-state index in [9.17, 15) is 9.90 Å². The van der Waals surface area contributed by atoms with Gasteiger partial charge in [0.05, 0.1) is 12.1 Å². The van der Waals surface area contributed by atoms with Gasteiger partial charge in [0.2, 0.25) is 5.95 Å². The SMILES string of the molecule is CC(C)C1COC(=O)N1c1ccnc(N[C@@H](C)c2ccccc2O)n1. The monoisotopic (exact) mass is 342 g/mol. The predicted molar refractivity (Wildman–Crippen MR) is 94.6 cm³/mol. The van der Waals surface area contributed by atoms with Gasteiger partial charge in [-0.3, -0.25) is 4.90 Å². The first kappa shape index (κ1) is 17.0. The molecule has 2 heterocycles. The first-order valence-electron chi connectivity index (χ1n) is 8.31. The molecule has 3 rings (SSSR count). The highest BCUT2D eigenvalue weighted by Gasteiger charge is 2.37.